The number of benzene rings is 1. The lowest BCUT2D eigenvalue weighted by atomic mass is 9.91. The maximum absolute atomic E-state index is 12.8. The minimum absolute atomic E-state index is 0.0756. The van der Waals surface area contributed by atoms with Crippen LogP contribution < -0.4 is 10.6 Å². The molecule has 1 amide bonds. The fourth-order valence-electron chi connectivity index (χ4n) is 3.77. The third-order valence-electron chi connectivity index (χ3n) is 5.24. The first-order valence-corrected chi connectivity index (χ1v) is 10.6. The lowest BCUT2D eigenvalue weighted by Gasteiger charge is -2.23. The van der Waals surface area contributed by atoms with E-state index in [0.717, 1.165) is 42.8 Å². The first-order valence-electron chi connectivity index (χ1n) is 9.69. The summed E-state index contributed by atoms with van der Waals surface area (Å²) >= 11 is 1.66. The van der Waals surface area contributed by atoms with Gasteiger partial charge in [0.1, 0.15) is 5.01 Å². The largest absolute Gasteiger partial charge is 0.350 e. The van der Waals surface area contributed by atoms with Gasteiger partial charge in [-0.05, 0) is 31.2 Å². The molecule has 2 heterocycles. The summed E-state index contributed by atoms with van der Waals surface area (Å²) in [5, 5.41) is 14.2. The quantitative estimate of drug-likeness (QED) is 0.645. The molecule has 0 saturated carbocycles. The van der Waals surface area contributed by atoms with E-state index in [0.29, 0.717) is 18.3 Å². The molecule has 6 nitrogen and oxygen atoms in total. The van der Waals surface area contributed by atoms with E-state index in [9.17, 15) is 4.79 Å². The molecule has 2 N–H and O–H groups in total. The zero-order valence-corrected chi connectivity index (χ0v) is 16.8. The number of hydrogen-bond acceptors (Lipinski definition) is 5. The number of amides is 1. The number of fused-ring (bicyclic) bond motifs is 1. The van der Waals surface area contributed by atoms with Crippen molar-refractivity contribution in [1.82, 2.24) is 25.4 Å². The molecule has 0 bridgehead atoms. The molecule has 3 aromatic rings. The summed E-state index contributed by atoms with van der Waals surface area (Å²) in [6.07, 6.45) is 5.47. The van der Waals surface area contributed by atoms with Gasteiger partial charge < -0.3 is 10.6 Å². The van der Waals surface area contributed by atoms with E-state index in [-0.39, 0.29) is 5.91 Å². The van der Waals surface area contributed by atoms with Crippen LogP contribution in [0.4, 0.5) is 0 Å². The summed E-state index contributed by atoms with van der Waals surface area (Å²) in [6.45, 7) is 1.39. The number of nitrogens with zero attached hydrogens (tertiary/aromatic N) is 3. The lowest BCUT2D eigenvalue weighted by Crippen LogP contribution is -2.35. The second-order valence-corrected chi connectivity index (χ2v) is 8.11. The van der Waals surface area contributed by atoms with Gasteiger partial charge in [0.25, 0.3) is 5.91 Å². The van der Waals surface area contributed by atoms with Crippen LogP contribution in [0.5, 0.6) is 0 Å². The molecule has 0 aliphatic heterocycles. The molecule has 1 aliphatic carbocycles. The zero-order valence-electron chi connectivity index (χ0n) is 16.0. The van der Waals surface area contributed by atoms with Crippen molar-refractivity contribution in [1.29, 1.82) is 0 Å². The van der Waals surface area contributed by atoms with E-state index in [1.54, 1.807) is 11.3 Å². The molecular formula is C21H25N5OS. The van der Waals surface area contributed by atoms with Gasteiger partial charge in [0.2, 0.25) is 0 Å². The SMILES string of the molecule is Cn1nc(C(=O)NCCc2ccccc2)c2c1CCC(NCc1nccs1)C2. The summed E-state index contributed by atoms with van der Waals surface area (Å²) in [6, 6.07) is 10.5. The summed E-state index contributed by atoms with van der Waals surface area (Å²) in [5.41, 5.74) is 4.06. The van der Waals surface area contributed by atoms with Crippen LogP contribution in [0, 0.1) is 0 Å². The van der Waals surface area contributed by atoms with Gasteiger partial charge in [-0.2, -0.15) is 5.10 Å². The molecule has 2 aromatic heterocycles. The normalized spacial score (nSPS) is 16.0. The van der Waals surface area contributed by atoms with Gasteiger partial charge in [0.05, 0.1) is 0 Å². The molecule has 1 atom stereocenters. The van der Waals surface area contributed by atoms with E-state index in [2.05, 4.69) is 32.8 Å². The van der Waals surface area contributed by atoms with Gasteiger partial charge in [-0.25, -0.2) is 4.98 Å². The van der Waals surface area contributed by atoms with Gasteiger partial charge in [-0.1, -0.05) is 30.3 Å². The summed E-state index contributed by atoms with van der Waals surface area (Å²) in [7, 11) is 1.93. The van der Waals surface area contributed by atoms with Crippen LogP contribution in [-0.4, -0.2) is 33.3 Å². The summed E-state index contributed by atoms with van der Waals surface area (Å²) in [4.78, 5) is 17.1. The van der Waals surface area contributed by atoms with Gasteiger partial charge >= 0.3 is 0 Å². The molecule has 146 valence electrons. The van der Waals surface area contributed by atoms with E-state index in [1.807, 2.05) is 41.5 Å². The molecule has 0 spiro atoms. The Morgan fingerprint density at radius 3 is 2.96 bits per heavy atom. The standard InChI is InChI=1S/C21H25N5OS/c1-26-18-8-7-16(24-14-19-22-11-12-28-19)13-17(18)20(25-26)21(27)23-10-9-15-5-3-2-4-6-15/h2-6,11-12,16,24H,7-10,13-14H2,1H3,(H,23,27). The van der Waals surface area contributed by atoms with Gasteiger partial charge in [0.15, 0.2) is 5.69 Å². The number of nitrogens with one attached hydrogen (secondary N) is 2. The molecule has 28 heavy (non-hydrogen) atoms. The number of carbonyl (C=O) groups is 1. The van der Waals surface area contributed by atoms with E-state index in [4.69, 9.17) is 0 Å². The summed E-state index contributed by atoms with van der Waals surface area (Å²) in [5.74, 6) is -0.0756. The average molecular weight is 396 g/mol. The second kappa shape index (κ2) is 8.67. The van der Waals surface area contributed by atoms with E-state index in [1.165, 1.54) is 11.3 Å². The van der Waals surface area contributed by atoms with Crippen LogP contribution in [0.15, 0.2) is 41.9 Å². The van der Waals surface area contributed by atoms with Crippen LogP contribution in [0.3, 0.4) is 0 Å². The molecule has 0 fully saturated rings. The molecule has 0 radical (unpaired) electrons. The topological polar surface area (TPSA) is 71.8 Å². The Morgan fingerprint density at radius 1 is 1.32 bits per heavy atom. The van der Waals surface area contributed by atoms with Crippen molar-refractivity contribution in [2.75, 3.05) is 6.54 Å². The van der Waals surface area contributed by atoms with Crippen LogP contribution in [0.2, 0.25) is 0 Å². The van der Waals surface area contributed by atoms with Crippen molar-refractivity contribution >= 4 is 17.2 Å². The predicted octanol–water partition coefficient (Wildman–Crippen LogP) is 2.50. The molecule has 1 aromatic carbocycles. The number of rotatable bonds is 7. The smallest absolute Gasteiger partial charge is 0.272 e. The van der Waals surface area contributed by atoms with Crippen molar-refractivity contribution in [2.45, 2.75) is 38.3 Å². The van der Waals surface area contributed by atoms with Crippen molar-refractivity contribution < 1.29 is 4.79 Å². The predicted molar refractivity (Wildman–Crippen MR) is 110 cm³/mol. The number of thiazole rings is 1. The Hall–Kier alpha value is -2.51. The number of carbonyl (C=O) groups excluding carboxylic acids is 1. The minimum Gasteiger partial charge on any atom is -0.350 e. The zero-order chi connectivity index (χ0) is 19.3. The number of hydrogen-bond donors (Lipinski definition) is 2. The van der Waals surface area contributed by atoms with Crippen molar-refractivity contribution in [3.05, 3.63) is 69.4 Å². The molecule has 0 saturated heterocycles. The molecule has 7 heteroatoms. The maximum Gasteiger partial charge on any atom is 0.272 e. The van der Waals surface area contributed by atoms with Crippen molar-refractivity contribution in [2.24, 2.45) is 7.05 Å². The number of aromatic nitrogens is 3. The van der Waals surface area contributed by atoms with E-state index < -0.39 is 0 Å². The first kappa shape index (κ1) is 18.8. The number of aryl methyl sites for hydroxylation is 1. The maximum atomic E-state index is 12.8. The Kier molecular flexibility index (Phi) is 5.83. The lowest BCUT2D eigenvalue weighted by molar-refractivity contribution is 0.0947. The van der Waals surface area contributed by atoms with Gasteiger partial charge in [0, 0.05) is 49.0 Å². The third-order valence-corrected chi connectivity index (χ3v) is 6.02. The highest BCUT2D eigenvalue weighted by Crippen LogP contribution is 2.24. The van der Waals surface area contributed by atoms with Crippen LogP contribution >= 0.6 is 11.3 Å². The van der Waals surface area contributed by atoms with Crippen LogP contribution in [0.25, 0.3) is 0 Å². The van der Waals surface area contributed by atoms with Gasteiger partial charge in [-0.3, -0.25) is 9.48 Å². The fraction of sp³-hybridized carbons (Fsp3) is 0.381. The molecule has 4 rings (SSSR count). The molecule has 1 aliphatic rings. The second-order valence-electron chi connectivity index (χ2n) is 7.14. The Morgan fingerprint density at radius 2 is 2.18 bits per heavy atom. The van der Waals surface area contributed by atoms with Crippen molar-refractivity contribution in [3.8, 4) is 0 Å². The average Bonchev–Trinajstić information content (AvgIpc) is 3.35. The highest BCUT2D eigenvalue weighted by molar-refractivity contribution is 7.09. The molecular weight excluding hydrogens is 370 g/mol. The summed E-state index contributed by atoms with van der Waals surface area (Å²) < 4.78 is 1.87. The van der Waals surface area contributed by atoms with E-state index >= 15 is 0 Å². The third kappa shape index (κ3) is 4.31. The Bertz CT molecular complexity index is 920. The first-order chi connectivity index (χ1) is 13.7. The Labute approximate surface area is 169 Å². The highest BCUT2D eigenvalue weighted by atomic mass is 32.1. The fourth-order valence-corrected chi connectivity index (χ4v) is 4.33. The Balaban J connectivity index is 1.38. The van der Waals surface area contributed by atoms with Crippen molar-refractivity contribution in [3.63, 3.8) is 0 Å². The molecule has 1 unspecified atom stereocenters. The van der Waals surface area contributed by atoms with Crippen LogP contribution in [-0.2, 0) is 32.9 Å². The monoisotopic (exact) mass is 395 g/mol. The highest BCUT2D eigenvalue weighted by Gasteiger charge is 2.28. The minimum atomic E-state index is -0.0756. The van der Waals surface area contributed by atoms with Gasteiger partial charge in [-0.15, -0.1) is 11.3 Å². The van der Waals surface area contributed by atoms with Crippen LogP contribution in [0.1, 0.15) is 38.7 Å².